The predicted octanol–water partition coefficient (Wildman–Crippen LogP) is 1.30. The molecule has 2 rings (SSSR count). The predicted molar refractivity (Wildman–Crippen MR) is 70.1 cm³/mol. The van der Waals surface area contributed by atoms with E-state index < -0.39 is 11.6 Å². The third-order valence-electron chi connectivity index (χ3n) is 3.19. The van der Waals surface area contributed by atoms with E-state index in [1.807, 2.05) is 0 Å². The zero-order chi connectivity index (χ0) is 14.5. The van der Waals surface area contributed by atoms with Crippen molar-refractivity contribution in [3.8, 4) is 0 Å². The first kappa shape index (κ1) is 14.9. The van der Waals surface area contributed by atoms with Gasteiger partial charge in [-0.2, -0.15) is 0 Å². The van der Waals surface area contributed by atoms with Crippen molar-refractivity contribution in [1.29, 1.82) is 0 Å². The topological polar surface area (TPSA) is 41.6 Å². The molecule has 0 bridgehead atoms. The highest BCUT2D eigenvalue weighted by molar-refractivity contribution is 5.72. The van der Waals surface area contributed by atoms with Crippen LogP contribution in [0.1, 0.15) is 12.5 Å². The summed E-state index contributed by atoms with van der Waals surface area (Å²) in [6.07, 6.45) is -0.0713. The molecule has 1 unspecified atom stereocenters. The molecule has 20 heavy (non-hydrogen) atoms. The molecule has 6 heteroatoms. The summed E-state index contributed by atoms with van der Waals surface area (Å²) in [7, 11) is 0. The molecule has 110 valence electrons. The van der Waals surface area contributed by atoms with Crippen LogP contribution in [-0.2, 0) is 16.1 Å². The summed E-state index contributed by atoms with van der Waals surface area (Å²) in [4.78, 5) is 13.0. The summed E-state index contributed by atoms with van der Waals surface area (Å²) in [5, 5.41) is 2.72. The standard InChI is InChI=1S/C14H18F2N2O2/c1-10(19)17-7-12-9-18(4-5-20-12)8-11-2-3-13(15)14(16)6-11/h2-3,6,12H,4-5,7-9H2,1H3,(H,17,19). The van der Waals surface area contributed by atoms with Gasteiger partial charge < -0.3 is 10.1 Å². The second-order valence-corrected chi connectivity index (χ2v) is 4.91. The van der Waals surface area contributed by atoms with E-state index in [0.29, 0.717) is 26.2 Å². The first-order valence-corrected chi connectivity index (χ1v) is 6.57. The molecule has 4 nitrogen and oxygen atoms in total. The number of nitrogens with one attached hydrogen (secondary N) is 1. The highest BCUT2D eigenvalue weighted by Crippen LogP contribution is 2.13. The van der Waals surface area contributed by atoms with Crippen molar-refractivity contribution in [2.75, 3.05) is 26.2 Å². The summed E-state index contributed by atoms with van der Waals surface area (Å²) < 4.78 is 31.6. The second-order valence-electron chi connectivity index (χ2n) is 4.91. The van der Waals surface area contributed by atoms with Gasteiger partial charge in [-0.15, -0.1) is 0 Å². The summed E-state index contributed by atoms with van der Waals surface area (Å²) in [5.41, 5.74) is 0.726. The zero-order valence-corrected chi connectivity index (χ0v) is 11.4. The molecule has 0 saturated carbocycles. The lowest BCUT2D eigenvalue weighted by Gasteiger charge is -2.33. The quantitative estimate of drug-likeness (QED) is 0.906. The molecule has 0 radical (unpaired) electrons. The van der Waals surface area contributed by atoms with Crippen molar-refractivity contribution in [2.45, 2.75) is 19.6 Å². The molecule has 0 aliphatic carbocycles. The smallest absolute Gasteiger partial charge is 0.216 e. The van der Waals surface area contributed by atoms with Gasteiger partial charge in [-0.1, -0.05) is 6.07 Å². The fourth-order valence-electron chi connectivity index (χ4n) is 2.20. The number of amides is 1. The zero-order valence-electron chi connectivity index (χ0n) is 11.4. The lowest BCUT2D eigenvalue weighted by atomic mass is 10.1. The van der Waals surface area contributed by atoms with E-state index in [-0.39, 0.29) is 12.0 Å². The Kier molecular flexibility index (Phi) is 5.03. The SMILES string of the molecule is CC(=O)NCC1CN(Cc2ccc(F)c(F)c2)CCO1. The summed E-state index contributed by atoms with van der Waals surface area (Å²) in [6, 6.07) is 3.93. The molecule has 1 fully saturated rings. The van der Waals surface area contributed by atoms with Gasteiger partial charge in [0.2, 0.25) is 5.91 Å². The molecule has 1 N–H and O–H groups in total. The molecule has 1 saturated heterocycles. The van der Waals surface area contributed by atoms with Gasteiger partial charge in [0, 0.05) is 33.1 Å². The molecule has 1 amide bonds. The van der Waals surface area contributed by atoms with Gasteiger partial charge in [-0.3, -0.25) is 9.69 Å². The van der Waals surface area contributed by atoms with Crippen LogP contribution >= 0.6 is 0 Å². The van der Waals surface area contributed by atoms with Crippen molar-refractivity contribution < 1.29 is 18.3 Å². The number of carbonyl (C=O) groups is 1. The summed E-state index contributed by atoms with van der Waals surface area (Å²) >= 11 is 0. The molecule has 0 aromatic heterocycles. The highest BCUT2D eigenvalue weighted by Gasteiger charge is 2.20. The van der Waals surface area contributed by atoms with E-state index in [1.54, 1.807) is 6.07 Å². The lowest BCUT2D eigenvalue weighted by Crippen LogP contribution is -2.46. The summed E-state index contributed by atoms with van der Waals surface area (Å²) in [6.45, 7) is 4.41. The van der Waals surface area contributed by atoms with Gasteiger partial charge in [0.25, 0.3) is 0 Å². The van der Waals surface area contributed by atoms with E-state index in [0.717, 1.165) is 18.2 Å². The molecule has 0 spiro atoms. The van der Waals surface area contributed by atoms with Crippen LogP contribution in [-0.4, -0.2) is 43.2 Å². The first-order valence-electron chi connectivity index (χ1n) is 6.57. The largest absolute Gasteiger partial charge is 0.374 e. The Morgan fingerprint density at radius 1 is 1.45 bits per heavy atom. The van der Waals surface area contributed by atoms with Gasteiger partial charge in [0.1, 0.15) is 0 Å². The first-order chi connectivity index (χ1) is 9.54. The van der Waals surface area contributed by atoms with E-state index in [2.05, 4.69) is 10.2 Å². The molecule has 1 aliphatic rings. The lowest BCUT2D eigenvalue weighted by molar-refractivity contribution is -0.120. The van der Waals surface area contributed by atoms with Crippen LogP contribution in [0.4, 0.5) is 8.78 Å². The van der Waals surface area contributed by atoms with Gasteiger partial charge in [-0.25, -0.2) is 8.78 Å². The number of halogens is 2. The van der Waals surface area contributed by atoms with E-state index in [9.17, 15) is 13.6 Å². The van der Waals surface area contributed by atoms with Crippen LogP contribution in [0, 0.1) is 11.6 Å². The van der Waals surface area contributed by atoms with Gasteiger partial charge in [0.05, 0.1) is 12.7 Å². The van der Waals surface area contributed by atoms with Crippen molar-refractivity contribution in [3.05, 3.63) is 35.4 Å². The number of hydrogen-bond donors (Lipinski definition) is 1. The third-order valence-corrected chi connectivity index (χ3v) is 3.19. The maximum Gasteiger partial charge on any atom is 0.216 e. The number of benzene rings is 1. The number of rotatable bonds is 4. The fourth-order valence-corrected chi connectivity index (χ4v) is 2.20. The van der Waals surface area contributed by atoms with Crippen molar-refractivity contribution >= 4 is 5.91 Å². The van der Waals surface area contributed by atoms with E-state index in [1.165, 1.54) is 13.0 Å². The Balaban J connectivity index is 1.88. The van der Waals surface area contributed by atoms with Crippen molar-refractivity contribution in [3.63, 3.8) is 0 Å². The molecule has 1 aromatic carbocycles. The number of morpholine rings is 1. The minimum Gasteiger partial charge on any atom is -0.374 e. The van der Waals surface area contributed by atoms with Crippen molar-refractivity contribution in [1.82, 2.24) is 10.2 Å². The normalized spacial score (nSPS) is 19.9. The molecular weight excluding hydrogens is 266 g/mol. The Labute approximate surface area is 116 Å². The van der Waals surface area contributed by atoms with Crippen LogP contribution < -0.4 is 5.32 Å². The number of carbonyl (C=O) groups excluding carboxylic acids is 1. The van der Waals surface area contributed by atoms with Crippen LogP contribution in [0.2, 0.25) is 0 Å². The number of ether oxygens (including phenoxy) is 1. The average molecular weight is 284 g/mol. The summed E-state index contributed by atoms with van der Waals surface area (Å²) in [5.74, 6) is -1.75. The number of hydrogen-bond acceptors (Lipinski definition) is 3. The fraction of sp³-hybridized carbons (Fsp3) is 0.500. The van der Waals surface area contributed by atoms with Crippen LogP contribution in [0.15, 0.2) is 18.2 Å². The molecular formula is C14H18F2N2O2. The number of nitrogens with zero attached hydrogens (tertiary/aromatic N) is 1. The Morgan fingerprint density at radius 2 is 2.25 bits per heavy atom. The molecule has 1 aromatic rings. The van der Waals surface area contributed by atoms with Crippen LogP contribution in [0.25, 0.3) is 0 Å². The van der Waals surface area contributed by atoms with Gasteiger partial charge in [-0.05, 0) is 17.7 Å². The maximum absolute atomic E-state index is 13.2. The van der Waals surface area contributed by atoms with Crippen molar-refractivity contribution in [2.24, 2.45) is 0 Å². The molecule has 1 aliphatic heterocycles. The van der Waals surface area contributed by atoms with Crippen LogP contribution in [0.3, 0.4) is 0 Å². The molecule has 1 atom stereocenters. The van der Waals surface area contributed by atoms with Gasteiger partial charge >= 0.3 is 0 Å². The van der Waals surface area contributed by atoms with E-state index >= 15 is 0 Å². The molecule has 1 heterocycles. The second kappa shape index (κ2) is 6.76. The third kappa shape index (κ3) is 4.25. The average Bonchev–Trinajstić information content (AvgIpc) is 2.41. The monoisotopic (exact) mass is 284 g/mol. The Hall–Kier alpha value is -1.53. The van der Waals surface area contributed by atoms with Gasteiger partial charge in [0.15, 0.2) is 11.6 Å². The Morgan fingerprint density at radius 3 is 2.95 bits per heavy atom. The highest BCUT2D eigenvalue weighted by atomic mass is 19.2. The van der Waals surface area contributed by atoms with E-state index in [4.69, 9.17) is 4.74 Å². The maximum atomic E-state index is 13.2. The minimum absolute atomic E-state index is 0.0713. The Bertz CT molecular complexity index is 482. The van der Waals surface area contributed by atoms with Crippen LogP contribution in [0.5, 0.6) is 0 Å². The minimum atomic E-state index is -0.834.